The van der Waals surface area contributed by atoms with Crippen LogP contribution in [-0.4, -0.2) is 62.3 Å². The average Bonchev–Trinajstić information content (AvgIpc) is 3.00. The lowest BCUT2D eigenvalue weighted by Gasteiger charge is -2.40. The van der Waals surface area contributed by atoms with Crippen LogP contribution in [0, 0.1) is 0 Å². The van der Waals surface area contributed by atoms with Crippen molar-refractivity contribution in [1.29, 1.82) is 0 Å². The van der Waals surface area contributed by atoms with Crippen LogP contribution in [0.3, 0.4) is 0 Å². The number of esters is 3. The van der Waals surface area contributed by atoms with Gasteiger partial charge in [0.05, 0.1) is 12.9 Å². The maximum Gasteiger partial charge on any atom is 0.303 e. The number of hydrogen-bond donors (Lipinski definition) is 2. The molecule has 3 heterocycles. The first-order valence-electron chi connectivity index (χ1n) is 8.53. The molecule has 3 N–H and O–H groups in total. The van der Waals surface area contributed by atoms with E-state index in [1.54, 1.807) is 0 Å². The maximum absolute atomic E-state index is 12.0. The number of imidazole rings is 1. The van der Waals surface area contributed by atoms with Gasteiger partial charge in [0, 0.05) is 20.8 Å². The molecule has 13 heteroatoms. The monoisotopic (exact) mass is 409 g/mol. The highest BCUT2D eigenvalue weighted by Gasteiger charge is 2.48. The molecule has 0 bridgehead atoms. The van der Waals surface area contributed by atoms with Crippen LogP contribution in [0.1, 0.15) is 27.0 Å². The fraction of sp³-hybridized carbons (Fsp3) is 0.500. The Hall–Kier alpha value is -3.48. The van der Waals surface area contributed by atoms with Gasteiger partial charge < -0.3 is 24.7 Å². The maximum atomic E-state index is 12.0. The summed E-state index contributed by atoms with van der Waals surface area (Å²) in [5.41, 5.74) is 5.09. The summed E-state index contributed by atoms with van der Waals surface area (Å²) in [5.74, 6) is -2.17. The topological polar surface area (TPSA) is 178 Å². The van der Waals surface area contributed by atoms with E-state index in [1.807, 2.05) is 0 Å². The van der Waals surface area contributed by atoms with Gasteiger partial charge in [-0.2, -0.15) is 4.98 Å². The molecule has 4 unspecified atom stereocenters. The Kier molecular flexibility index (Phi) is 5.50. The van der Waals surface area contributed by atoms with Gasteiger partial charge in [-0.15, -0.1) is 0 Å². The standard InChI is InChI=1S/C16H19N5O8/c1-6(22)27-9-4-26-15(12(29-8(3)24)11(9)28-7(2)23)21-5-18-10-13(21)19-16(17)20-14(10)25/h5,9,11-12,15H,4H2,1-3H3,(H3,17,19,20,25). The third-order valence-corrected chi connectivity index (χ3v) is 4.05. The molecule has 29 heavy (non-hydrogen) atoms. The fourth-order valence-corrected chi connectivity index (χ4v) is 3.09. The van der Waals surface area contributed by atoms with Crippen LogP contribution in [0.4, 0.5) is 5.95 Å². The van der Waals surface area contributed by atoms with Crippen molar-refractivity contribution < 1.29 is 33.3 Å². The molecule has 0 aromatic carbocycles. The Morgan fingerprint density at radius 1 is 1.14 bits per heavy atom. The van der Waals surface area contributed by atoms with Crippen LogP contribution >= 0.6 is 0 Å². The molecule has 2 aromatic heterocycles. The Bertz CT molecular complexity index is 1010. The van der Waals surface area contributed by atoms with Crippen LogP contribution in [-0.2, 0) is 33.3 Å². The summed E-state index contributed by atoms with van der Waals surface area (Å²) in [4.78, 5) is 57.2. The van der Waals surface area contributed by atoms with Crippen molar-refractivity contribution in [2.75, 3.05) is 12.3 Å². The zero-order valence-electron chi connectivity index (χ0n) is 15.8. The highest BCUT2D eigenvalue weighted by Crippen LogP contribution is 2.32. The largest absolute Gasteiger partial charge is 0.456 e. The molecule has 2 aromatic rings. The molecule has 0 radical (unpaired) electrons. The predicted molar refractivity (Wildman–Crippen MR) is 94.2 cm³/mol. The molecule has 1 aliphatic heterocycles. The number of carbonyl (C=O) groups excluding carboxylic acids is 3. The van der Waals surface area contributed by atoms with Crippen molar-refractivity contribution in [3.63, 3.8) is 0 Å². The number of H-pyrrole nitrogens is 1. The molecule has 0 spiro atoms. The van der Waals surface area contributed by atoms with Crippen LogP contribution in [0.5, 0.6) is 0 Å². The normalized spacial score (nSPS) is 24.1. The second-order valence-corrected chi connectivity index (χ2v) is 6.30. The lowest BCUT2D eigenvalue weighted by molar-refractivity contribution is -0.239. The molecule has 0 saturated carbocycles. The molecule has 0 amide bonds. The van der Waals surface area contributed by atoms with Gasteiger partial charge >= 0.3 is 17.9 Å². The molecule has 156 valence electrons. The molecule has 13 nitrogen and oxygen atoms in total. The van der Waals surface area contributed by atoms with E-state index in [-0.39, 0.29) is 23.7 Å². The smallest absolute Gasteiger partial charge is 0.303 e. The van der Waals surface area contributed by atoms with Crippen molar-refractivity contribution in [3.8, 4) is 0 Å². The minimum Gasteiger partial charge on any atom is -0.456 e. The third kappa shape index (κ3) is 4.18. The predicted octanol–water partition coefficient (Wildman–Crippen LogP) is -0.974. The Labute approximate surface area is 163 Å². The summed E-state index contributed by atoms with van der Waals surface area (Å²) in [7, 11) is 0. The minimum absolute atomic E-state index is 0.0180. The van der Waals surface area contributed by atoms with Gasteiger partial charge in [0.1, 0.15) is 0 Å². The zero-order valence-corrected chi connectivity index (χ0v) is 15.8. The van der Waals surface area contributed by atoms with Crippen molar-refractivity contribution in [2.45, 2.75) is 45.3 Å². The number of nitrogen functional groups attached to an aromatic ring is 1. The van der Waals surface area contributed by atoms with Gasteiger partial charge in [-0.1, -0.05) is 0 Å². The van der Waals surface area contributed by atoms with Gasteiger partial charge in [0.15, 0.2) is 35.7 Å². The van der Waals surface area contributed by atoms with E-state index in [4.69, 9.17) is 24.7 Å². The fourth-order valence-electron chi connectivity index (χ4n) is 3.09. The zero-order chi connectivity index (χ0) is 21.3. The molecule has 0 aliphatic carbocycles. The van der Waals surface area contributed by atoms with E-state index in [0.29, 0.717) is 0 Å². The summed E-state index contributed by atoms with van der Waals surface area (Å²) in [5, 5.41) is 0. The summed E-state index contributed by atoms with van der Waals surface area (Å²) in [6.07, 6.45) is -3.25. The molecule has 1 saturated heterocycles. The number of anilines is 1. The lowest BCUT2D eigenvalue weighted by atomic mass is 10.0. The van der Waals surface area contributed by atoms with E-state index >= 15 is 0 Å². The number of rotatable bonds is 4. The third-order valence-electron chi connectivity index (χ3n) is 4.05. The average molecular weight is 409 g/mol. The summed E-state index contributed by atoms with van der Waals surface area (Å²) < 4.78 is 22.8. The van der Waals surface area contributed by atoms with Crippen molar-refractivity contribution >= 4 is 35.0 Å². The first kappa shape index (κ1) is 20.3. The summed E-state index contributed by atoms with van der Waals surface area (Å²) >= 11 is 0. The van der Waals surface area contributed by atoms with Crippen molar-refractivity contribution in [3.05, 3.63) is 16.7 Å². The van der Waals surface area contributed by atoms with Crippen LogP contribution in [0.2, 0.25) is 0 Å². The van der Waals surface area contributed by atoms with Gasteiger partial charge in [-0.05, 0) is 0 Å². The highest BCUT2D eigenvalue weighted by molar-refractivity contribution is 5.71. The molecule has 1 fully saturated rings. The molecular weight excluding hydrogens is 390 g/mol. The van der Waals surface area contributed by atoms with E-state index in [1.165, 1.54) is 17.8 Å². The molecule has 3 rings (SSSR count). The summed E-state index contributed by atoms with van der Waals surface area (Å²) in [6.45, 7) is 3.32. The quantitative estimate of drug-likeness (QED) is 0.468. The van der Waals surface area contributed by atoms with Gasteiger partial charge in [0.2, 0.25) is 5.95 Å². The van der Waals surface area contributed by atoms with E-state index in [0.717, 1.165) is 13.8 Å². The SMILES string of the molecule is CC(=O)OC1COC(n2cnc3c(=O)[nH]c(N)nc32)C(OC(C)=O)C1OC(C)=O. The Morgan fingerprint density at radius 3 is 2.38 bits per heavy atom. The number of nitrogens with one attached hydrogen (secondary N) is 1. The van der Waals surface area contributed by atoms with E-state index < -0.39 is 48.0 Å². The number of aromatic nitrogens is 4. The van der Waals surface area contributed by atoms with E-state index in [9.17, 15) is 19.2 Å². The van der Waals surface area contributed by atoms with Crippen LogP contribution in [0.25, 0.3) is 11.2 Å². The number of fused-ring (bicyclic) bond motifs is 1. The Morgan fingerprint density at radius 2 is 1.76 bits per heavy atom. The van der Waals surface area contributed by atoms with Crippen LogP contribution < -0.4 is 11.3 Å². The van der Waals surface area contributed by atoms with Gasteiger partial charge in [0.25, 0.3) is 5.56 Å². The number of nitrogens with two attached hydrogens (primary N) is 1. The molecule has 4 atom stereocenters. The highest BCUT2D eigenvalue weighted by atomic mass is 16.6. The number of nitrogens with zero attached hydrogens (tertiary/aromatic N) is 3. The minimum atomic E-state index is -1.23. The summed E-state index contributed by atoms with van der Waals surface area (Å²) in [6, 6.07) is 0. The molecular formula is C16H19N5O8. The number of hydrogen-bond acceptors (Lipinski definition) is 11. The van der Waals surface area contributed by atoms with Gasteiger partial charge in [-0.25, -0.2) is 4.98 Å². The van der Waals surface area contributed by atoms with Crippen LogP contribution in [0.15, 0.2) is 11.1 Å². The van der Waals surface area contributed by atoms with Crippen molar-refractivity contribution in [2.24, 2.45) is 0 Å². The van der Waals surface area contributed by atoms with E-state index in [2.05, 4.69) is 15.0 Å². The Balaban J connectivity index is 2.07. The molecule has 1 aliphatic rings. The number of aromatic amines is 1. The second kappa shape index (κ2) is 7.87. The number of ether oxygens (including phenoxy) is 4. The lowest BCUT2D eigenvalue weighted by Crippen LogP contribution is -2.55. The number of carbonyl (C=O) groups is 3. The second-order valence-electron chi connectivity index (χ2n) is 6.30. The van der Waals surface area contributed by atoms with Crippen molar-refractivity contribution in [1.82, 2.24) is 19.5 Å². The first-order chi connectivity index (χ1) is 13.7. The first-order valence-corrected chi connectivity index (χ1v) is 8.53. The van der Waals surface area contributed by atoms with Gasteiger partial charge in [-0.3, -0.25) is 28.7 Å².